The maximum absolute atomic E-state index is 16.1. The standard InChI is InChI=1S/C26H27ClF2N4O5/c1-4-17(36)31-7-8-32-13(10-31)12-38-23-19(25(32)37)24(33-11-14(34)9-26(33,2)3)30-22(21(23)29)18-16(35)6-5-15(27)20(18)28/h4-6,13-14,34-35H,1,7-12H2,2-3H3/t13-,14?/m1/s1. The van der Waals surface area contributed by atoms with Crippen LogP contribution in [0.3, 0.4) is 0 Å². The summed E-state index contributed by atoms with van der Waals surface area (Å²) in [5, 5.41) is 20.6. The van der Waals surface area contributed by atoms with E-state index in [1.54, 1.807) is 4.90 Å². The van der Waals surface area contributed by atoms with Crippen molar-refractivity contribution in [2.45, 2.75) is 38.0 Å². The number of phenolic OH excluding ortho intramolecular Hbond substituents is 1. The number of piperazine rings is 1. The molecule has 3 aliphatic rings. The van der Waals surface area contributed by atoms with Gasteiger partial charge in [-0.15, -0.1) is 0 Å². The number of aromatic nitrogens is 1. The van der Waals surface area contributed by atoms with Gasteiger partial charge in [-0.3, -0.25) is 9.59 Å². The molecule has 38 heavy (non-hydrogen) atoms. The monoisotopic (exact) mass is 548 g/mol. The van der Waals surface area contributed by atoms with Crippen LogP contribution in [0.15, 0.2) is 24.8 Å². The molecule has 0 spiro atoms. The maximum Gasteiger partial charge on any atom is 0.262 e. The number of β-amino-alcohol motifs (C(OH)–C–C–N with tert-alkyl or cyclic N) is 1. The number of aromatic hydroxyl groups is 1. The molecule has 1 aromatic carbocycles. The average molecular weight is 549 g/mol. The third kappa shape index (κ3) is 4.14. The molecule has 1 unspecified atom stereocenters. The van der Waals surface area contributed by atoms with Crippen molar-refractivity contribution in [2.24, 2.45) is 0 Å². The van der Waals surface area contributed by atoms with Crippen molar-refractivity contribution in [2.75, 3.05) is 37.7 Å². The summed E-state index contributed by atoms with van der Waals surface area (Å²) in [6, 6.07) is 1.66. The predicted octanol–water partition coefficient (Wildman–Crippen LogP) is 2.97. The van der Waals surface area contributed by atoms with Crippen molar-refractivity contribution in [3.63, 3.8) is 0 Å². The van der Waals surface area contributed by atoms with Gasteiger partial charge in [0.1, 0.15) is 29.4 Å². The van der Waals surface area contributed by atoms with Gasteiger partial charge in [0.15, 0.2) is 17.4 Å². The summed E-state index contributed by atoms with van der Waals surface area (Å²) in [6.45, 7) is 7.69. The number of hydrogen-bond donors (Lipinski definition) is 2. The summed E-state index contributed by atoms with van der Waals surface area (Å²) < 4.78 is 37.1. The van der Waals surface area contributed by atoms with E-state index >= 15 is 8.78 Å². The highest BCUT2D eigenvalue weighted by Gasteiger charge is 2.45. The van der Waals surface area contributed by atoms with Gasteiger partial charge in [0.2, 0.25) is 5.91 Å². The highest BCUT2D eigenvalue weighted by atomic mass is 35.5. The fourth-order valence-corrected chi connectivity index (χ4v) is 5.64. The van der Waals surface area contributed by atoms with E-state index in [9.17, 15) is 19.8 Å². The second-order valence-corrected chi connectivity index (χ2v) is 10.7. The minimum atomic E-state index is -1.13. The zero-order valence-electron chi connectivity index (χ0n) is 20.9. The SMILES string of the molecule is C=CC(=O)N1CCN2C(=O)c3c(N4CC(O)CC4(C)C)nc(-c4c(O)ccc(Cl)c4F)c(F)c3OC[C@H]2C1. The van der Waals surface area contributed by atoms with Crippen molar-refractivity contribution in [1.29, 1.82) is 0 Å². The van der Waals surface area contributed by atoms with Crippen LogP contribution in [0.5, 0.6) is 11.5 Å². The number of hydrogen-bond acceptors (Lipinski definition) is 7. The molecule has 2 aromatic rings. The lowest BCUT2D eigenvalue weighted by Gasteiger charge is -2.40. The topological polar surface area (TPSA) is 106 Å². The number of ether oxygens (including phenoxy) is 1. The van der Waals surface area contributed by atoms with Crippen LogP contribution < -0.4 is 9.64 Å². The first kappa shape index (κ1) is 26.2. The van der Waals surface area contributed by atoms with Gasteiger partial charge < -0.3 is 29.6 Å². The zero-order valence-corrected chi connectivity index (χ0v) is 21.6. The van der Waals surface area contributed by atoms with E-state index in [4.69, 9.17) is 16.3 Å². The van der Waals surface area contributed by atoms with E-state index in [-0.39, 0.29) is 55.1 Å². The van der Waals surface area contributed by atoms with Crippen molar-refractivity contribution in [3.05, 3.63) is 47.0 Å². The van der Waals surface area contributed by atoms with E-state index in [0.29, 0.717) is 6.42 Å². The number of aliphatic hydroxyl groups excluding tert-OH is 1. The molecule has 2 fully saturated rings. The number of anilines is 1. The normalized spacial score (nSPS) is 22.5. The van der Waals surface area contributed by atoms with Gasteiger partial charge in [-0.1, -0.05) is 18.2 Å². The Morgan fingerprint density at radius 1 is 1.24 bits per heavy atom. The molecule has 12 heteroatoms. The van der Waals surface area contributed by atoms with Gasteiger partial charge in [0, 0.05) is 31.7 Å². The van der Waals surface area contributed by atoms with Crippen LogP contribution in [0.25, 0.3) is 11.3 Å². The number of aliphatic hydroxyl groups is 1. The minimum Gasteiger partial charge on any atom is -0.507 e. The quantitative estimate of drug-likeness (QED) is 0.568. The van der Waals surface area contributed by atoms with Crippen LogP contribution in [0.2, 0.25) is 5.02 Å². The summed E-state index contributed by atoms with van der Waals surface area (Å²) in [5.41, 5.74) is -2.02. The van der Waals surface area contributed by atoms with E-state index in [2.05, 4.69) is 11.6 Å². The van der Waals surface area contributed by atoms with Crippen molar-refractivity contribution >= 4 is 29.2 Å². The van der Waals surface area contributed by atoms with Crippen LogP contribution in [-0.4, -0.2) is 87.3 Å². The summed E-state index contributed by atoms with van der Waals surface area (Å²) in [5.74, 6) is -4.12. The molecule has 0 radical (unpaired) electrons. The Morgan fingerprint density at radius 3 is 2.63 bits per heavy atom. The average Bonchev–Trinajstić information content (AvgIpc) is 3.06. The fourth-order valence-electron chi connectivity index (χ4n) is 5.48. The number of pyridine rings is 1. The highest BCUT2D eigenvalue weighted by Crippen LogP contribution is 2.46. The van der Waals surface area contributed by atoms with E-state index in [0.717, 1.165) is 12.1 Å². The maximum atomic E-state index is 16.1. The lowest BCUT2D eigenvalue weighted by Crippen LogP contribution is -2.57. The van der Waals surface area contributed by atoms with Gasteiger partial charge in [0.25, 0.3) is 5.91 Å². The largest absolute Gasteiger partial charge is 0.507 e. The van der Waals surface area contributed by atoms with Gasteiger partial charge >= 0.3 is 0 Å². The number of carbonyl (C=O) groups is 2. The first-order chi connectivity index (χ1) is 17.9. The van der Waals surface area contributed by atoms with Gasteiger partial charge in [-0.25, -0.2) is 13.8 Å². The molecule has 2 amide bonds. The highest BCUT2D eigenvalue weighted by molar-refractivity contribution is 6.31. The molecule has 3 aliphatic heterocycles. The number of benzene rings is 1. The molecule has 4 heterocycles. The third-order valence-electron chi connectivity index (χ3n) is 7.36. The van der Waals surface area contributed by atoms with Gasteiger partial charge in [-0.05, 0) is 38.5 Å². The van der Waals surface area contributed by atoms with Gasteiger partial charge in [-0.2, -0.15) is 0 Å². The first-order valence-electron chi connectivity index (χ1n) is 12.2. The molecule has 2 N–H and O–H groups in total. The van der Waals surface area contributed by atoms with Crippen LogP contribution in [0.4, 0.5) is 14.6 Å². The van der Waals surface area contributed by atoms with Crippen LogP contribution >= 0.6 is 11.6 Å². The van der Waals surface area contributed by atoms with Gasteiger partial charge in [0.05, 0.1) is 22.7 Å². The molecule has 1 aromatic heterocycles. The van der Waals surface area contributed by atoms with Crippen LogP contribution in [0, 0.1) is 11.6 Å². The van der Waals surface area contributed by atoms with E-state index in [1.807, 2.05) is 13.8 Å². The number of rotatable bonds is 3. The summed E-state index contributed by atoms with van der Waals surface area (Å²) in [6.07, 6.45) is 0.771. The number of fused-ring (bicyclic) bond motifs is 2. The Hall–Kier alpha value is -3.44. The zero-order chi connectivity index (χ0) is 27.5. The molecule has 9 nitrogen and oxygen atoms in total. The summed E-state index contributed by atoms with van der Waals surface area (Å²) >= 11 is 5.93. The Kier molecular flexibility index (Phi) is 6.47. The molecule has 2 atom stereocenters. The molecule has 0 saturated carbocycles. The Balaban J connectivity index is 1.71. The second-order valence-electron chi connectivity index (χ2n) is 10.3. The minimum absolute atomic E-state index is 0.00743. The molecule has 0 aliphatic carbocycles. The number of halogens is 3. The Bertz CT molecular complexity index is 1350. The lowest BCUT2D eigenvalue weighted by atomic mass is 9.99. The number of carbonyl (C=O) groups excluding carboxylic acids is 2. The van der Waals surface area contributed by atoms with Crippen LogP contribution in [0.1, 0.15) is 30.6 Å². The fraction of sp³-hybridized carbons (Fsp3) is 0.423. The Labute approximate surface area is 222 Å². The second kappa shape index (κ2) is 9.39. The number of amides is 2. The predicted molar refractivity (Wildman–Crippen MR) is 135 cm³/mol. The Morgan fingerprint density at radius 2 is 1.97 bits per heavy atom. The van der Waals surface area contributed by atoms with Crippen molar-refractivity contribution < 1.29 is 33.3 Å². The smallest absolute Gasteiger partial charge is 0.262 e. The number of nitrogens with zero attached hydrogens (tertiary/aromatic N) is 4. The molecule has 5 rings (SSSR count). The molecule has 202 valence electrons. The van der Waals surface area contributed by atoms with Crippen molar-refractivity contribution in [3.8, 4) is 22.8 Å². The first-order valence-corrected chi connectivity index (χ1v) is 12.5. The summed E-state index contributed by atoms with van der Waals surface area (Å²) in [7, 11) is 0. The molecule has 2 saturated heterocycles. The number of phenols is 1. The van der Waals surface area contributed by atoms with E-state index in [1.165, 1.54) is 15.9 Å². The van der Waals surface area contributed by atoms with Crippen LogP contribution in [-0.2, 0) is 4.79 Å². The lowest BCUT2D eigenvalue weighted by molar-refractivity contribution is -0.128. The van der Waals surface area contributed by atoms with Crippen molar-refractivity contribution in [1.82, 2.24) is 14.8 Å². The molecule has 0 bridgehead atoms. The molecular weight excluding hydrogens is 522 g/mol. The van der Waals surface area contributed by atoms with E-state index < -0.39 is 58.0 Å². The molecular formula is C26H27ClF2N4O5. The summed E-state index contributed by atoms with van der Waals surface area (Å²) in [4.78, 5) is 35.3. The third-order valence-corrected chi connectivity index (χ3v) is 7.66.